The van der Waals surface area contributed by atoms with Crippen molar-refractivity contribution < 1.29 is 28.6 Å². The minimum Gasteiger partial charge on any atom is -0.464 e. The molecule has 1 heterocycles. The van der Waals surface area contributed by atoms with Gasteiger partial charge in [-0.15, -0.1) is 0 Å². The first-order valence-electron chi connectivity index (χ1n) is 13.2. The molecule has 0 aromatic heterocycles. The molecule has 0 radical (unpaired) electrons. The van der Waals surface area contributed by atoms with Crippen LogP contribution in [0.4, 0.5) is 0 Å². The van der Waals surface area contributed by atoms with Crippen molar-refractivity contribution in [3.05, 3.63) is 0 Å². The van der Waals surface area contributed by atoms with Crippen molar-refractivity contribution in [3.63, 3.8) is 0 Å². The van der Waals surface area contributed by atoms with E-state index in [1.165, 1.54) is 0 Å². The van der Waals surface area contributed by atoms with Crippen LogP contribution in [0.15, 0.2) is 0 Å². The van der Waals surface area contributed by atoms with E-state index in [4.69, 9.17) is 14.2 Å². The van der Waals surface area contributed by atoms with Gasteiger partial charge in [0.25, 0.3) is 0 Å². The van der Waals surface area contributed by atoms with Crippen molar-refractivity contribution in [2.45, 2.75) is 54.1 Å². The fourth-order valence-electron chi connectivity index (χ4n) is 3.51. The Hall–Kier alpha value is -1.75. The normalized spacial score (nSPS) is 17.9. The molecule has 1 rings (SSSR count). The predicted octanol–water partition coefficient (Wildman–Crippen LogP) is 1.24. The van der Waals surface area contributed by atoms with Crippen LogP contribution < -0.4 is 5.32 Å². The van der Waals surface area contributed by atoms with Crippen LogP contribution in [0, 0.1) is 11.8 Å². The summed E-state index contributed by atoms with van der Waals surface area (Å²) < 4.78 is 16.3. The molecule has 36 heavy (non-hydrogen) atoms. The van der Waals surface area contributed by atoms with Crippen LogP contribution in [-0.4, -0.2) is 123 Å². The number of carbonyl (C=O) groups excluding carboxylic acids is 3. The van der Waals surface area contributed by atoms with E-state index in [-0.39, 0.29) is 49.4 Å². The molecule has 1 aliphatic heterocycles. The van der Waals surface area contributed by atoms with Gasteiger partial charge in [0.05, 0.1) is 32.8 Å². The van der Waals surface area contributed by atoms with Gasteiger partial charge in [-0.05, 0) is 32.6 Å². The Morgan fingerprint density at radius 3 is 1.39 bits per heavy atom. The Labute approximate surface area is 218 Å². The van der Waals surface area contributed by atoms with Gasteiger partial charge in [-0.1, -0.05) is 27.7 Å². The van der Waals surface area contributed by atoms with Crippen molar-refractivity contribution in [2.24, 2.45) is 11.8 Å². The minimum atomic E-state index is -0.534. The Balaban J connectivity index is 2.82. The van der Waals surface area contributed by atoms with Gasteiger partial charge in [0.15, 0.2) is 0 Å². The molecule has 0 amide bonds. The average molecular weight is 515 g/mol. The van der Waals surface area contributed by atoms with Gasteiger partial charge in [0, 0.05) is 52.4 Å². The summed E-state index contributed by atoms with van der Waals surface area (Å²) in [5, 5.41) is 3.40. The summed E-state index contributed by atoms with van der Waals surface area (Å²) in [4.78, 5) is 43.4. The Morgan fingerprint density at radius 2 is 1.03 bits per heavy atom. The third kappa shape index (κ3) is 16.8. The number of hydrogen-bond donors (Lipinski definition) is 1. The zero-order chi connectivity index (χ0) is 27.1. The van der Waals surface area contributed by atoms with Crippen molar-refractivity contribution in [1.82, 2.24) is 20.0 Å². The largest absolute Gasteiger partial charge is 0.464 e. The molecule has 0 spiro atoms. The second kappa shape index (κ2) is 16.9. The van der Waals surface area contributed by atoms with Crippen LogP contribution in [-0.2, 0) is 28.6 Å². The molecule has 1 aliphatic rings. The van der Waals surface area contributed by atoms with Crippen LogP contribution in [0.3, 0.4) is 0 Å². The van der Waals surface area contributed by atoms with Gasteiger partial charge >= 0.3 is 17.9 Å². The molecule has 1 N–H and O–H groups in total. The Kier molecular flexibility index (Phi) is 15.1. The maximum atomic E-state index is 12.5. The highest BCUT2D eigenvalue weighted by Crippen LogP contribution is 2.08. The van der Waals surface area contributed by atoms with Crippen molar-refractivity contribution in [1.29, 1.82) is 0 Å². The highest BCUT2D eigenvalue weighted by atomic mass is 16.6. The molecule has 0 saturated carbocycles. The molecule has 0 aromatic rings. The van der Waals surface area contributed by atoms with E-state index in [0.29, 0.717) is 65.6 Å². The Morgan fingerprint density at radius 1 is 0.667 bits per heavy atom. The zero-order valence-electron chi connectivity index (χ0n) is 23.6. The number of nitrogens with one attached hydrogen (secondary N) is 1. The highest BCUT2D eigenvalue weighted by molar-refractivity contribution is 5.72. The van der Waals surface area contributed by atoms with E-state index in [1.807, 2.05) is 53.4 Å². The molecule has 10 heteroatoms. The second-order valence-electron chi connectivity index (χ2n) is 11.3. The molecule has 210 valence electrons. The smallest absolute Gasteiger partial charge is 0.320 e. The van der Waals surface area contributed by atoms with Gasteiger partial charge in [-0.3, -0.25) is 29.1 Å². The maximum Gasteiger partial charge on any atom is 0.320 e. The summed E-state index contributed by atoms with van der Waals surface area (Å²) in [5.74, 6) is -0.202. The van der Waals surface area contributed by atoms with Crippen LogP contribution in [0.5, 0.6) is 0 Å². The number of esters is 3. The maximum absolute atomic E-state index is 12.5. The fraction of sp³-hybridized carbons (Fsp3) is 0.885. The lowest BCUT2D eigenvalue weighted by Gasteiger charge is -2.31. The number of hydrogen-bond acceptors (Lipinski definition) is 10. The number of rotatable bonds is 10. The SMILES string of the molecule is CC(C)COC(=O)CN1CCNCCN(CC(=O)OC(C)(C)C)CCN(CC(=O)OCC(C)C)CC1. The molecule has 0 aliphatic carbocycles. The van der Waals surface area contributed by atoms with E-state index < -0.39 is 5.60 Å². The van der Waals surface area contributed by atoms with Gasteiger partial charge in [0.2, 0.25) is 0 Å². The summed E-state index contributed by atoms with van der Waals surface area (Å²) >= 11 is 0. The Bertz CT molecular complexity index is 665. The summed E-state index contributed by atoms with van der Waals surface area (Å²) in [6.45, 7) is 20.1. The van der Waals surface area contributed by atoms with Crippen molar-refractivity contribution in [2.75, 3.05) is 85.2 Å². The lowest BCUT2D eigenvalue weighted by Crippen LogP contribution is -2.48. The number of nitrogens with zero attached hydrogens (tertiary/aromatic N) is 3. The molecule has 10 nitrogen and oxygen atoms in total. The molecule has 1 saturated heterocycles. The lowest BCUT2D eigenvalue weighted by molar-refractivity contribution is -0.156. The standard InChI is InChI=1S/C26H50N4O6/c1-21(2)19-34-23(31)16-28-10-8-27-9-11-29(18-25(33)36-26(5,6)7)13-15-30(14-12-28)17-24(32)35-20-22(3)4/h21-22,27H,8-20H2,1-7H3. The highest BCUT2D eigenvalue weighted by Gasteiger charge is 2.22. The average Bonchev–Trinajstić information content (AvgIpc) is 2.74. The van der Waals surface area contributed by atoms with Crippen molar-refractivity contribution >= 4 is 17.9 Å². The molecule has 0 unspecified atom stereocenters. The fourth-order valence-corrected chi connectivity index (χ4v) is 3.51. The van der Waals surface area contributed by atoms with E-state index in [1.54, 1.807) is 0 Å². The van der Waals surface area contributed by atoms with E-state index in [0.717, 1.165) is 0 Å². The van der Waals surface area contributed by atoms with Gasteiger partial charge in [-0.25, -0.2) is 0 Å². The first-order chi connectivity index (χ1) is 16.8. The number of carbonyl (C=O) groups is 3. The summed E-state index contributed by atoms with van der Waals surface area (Å²) in [7, 11) is 0. The number of ether oxygens (including phenoxy) is 3. The van der Waals surface area contributed by atoms with Crippen molar-refractivity contribution in [3.8, 4) is 0 Å². The predicted molar refractivity (Wildman–Crippen MR) is 140 cm³/mol. The van der Waals surface area contributed by atoms with Crippen LogP contribution >= 0.6 is 0 Å². The first-order valence-corrected chi connectivity index (χ1v) is 13.2. The molecule has 0 atom stereocenters. The van der Waals surface area contributed by atoms with E-state index in [2.05, 4.69) is 15.1 Å². The molecule has 1 fully saturated rings. The van der Waals surface area contributed by atoms with Gasteiger partial charge in [-0.2, -0.15) is 0 Å². The molecule has 0 aromatic carbocycles. The monoisotopic (exact) mass is 514 g/mol. The summed E-state index contributed by atoms with van der Waals surface area (Å²) in [5.41, 5.74) is -0.534. The second-order valence-corrected chi connectivity index (χ2v) is 11.3. The van der Waals surface area contributed by atoms with Gasteiger partial charge in [0.1, 0.15) is 5.60 Å². The van der Waals surface area contributed by atoms with Crippen LogP contribution in [0.2, 0.25) is 0 Å². The van der Waals surface area contributed by atoms with E-state index >= 15 is 0 Å². The topological polar surface area (TPSA) is 101 Å². The van der Waals surface area contributed by atoms with Gasteiger partial charge < -0.3 is 19.5 Å². The van der Waals surface area contributed by atoms with E-state index in [9.17, 15) is 14.4 Å². The van der Waals surface area contributed by atoms with Crippen LogP contribution in [0.1, 0.15) is 48.5 Å². The summed E-state index contributed by atoms with van der Waals surface area (Å²) in [6, 6.07) is 0. The third-order valence-electron chi connectivity index (χ3n) is 5.31. The minimum absolute atomic E-state index is 0.164. The lowest BCUT2D eigenvalue weighted by atomic mass is 10.2. The third-order valence-corrected chi connectivity index (χ3v) is 5.31. The zero-order valence-corrected chi connectivity index (χ0v) is 23.6. The molecular formula is C26H50N4O6. The first kappa shape index (κ1) is 32.3. The molecule has 0 bridgehead atoms. The molecular weight excluding hydrogens is 464 g/mol. The quantitative estimate of drug-likeness (QED) is 0.338. The van der Waals surface area contributed by atoms with Crippen LogP contribution in [0.25, 0.3) is 0 Å². The summed E-state index contributed by atoms with van der Waals surface area (Å²) in [6.07, 6.45) is 0.